The van der Waals surface area contributed by atoms with Crippen LogP contribution in [-0.2, 0) is 6.54 Å². The standard InChI is InChI=1S/C26H33N5O2/c1-32-23-16-21-22(17-24(23)33-2)28-26(29-25(21)27-18-19-8-4-3-5-9-19)31-14-10-20(11-15-31)30-12-6-7-13-30/h3-5,8-9,16-17,20H,6-7,10-15,18H2,1-2H3,(H,27,28,29). The number of methoxy groups -OCH3 is 2. The average Bonchev–Trinajstić information content (AvgIpc) is 3.42. The Morgan fingerprint density at radius 1 is 0.909 bits per heavy atom. The molecule has 2 aliphatic rings. The number of hydrogen-bond acceptors (Lipinski definition) is 7. The molecule has 0 spiro atoms. The molecule has 1 aromatic heterocycles. The molecule has 3 heterocycles. The summed E-state index contributed by atoms with van der Waals surface area (Å²) >= 11 is 0. The van der Waals surface area contributed by atoms with Crippen molar-refractivity contribution >= 4 is 22.7 Å². The van der Waals surface area contributed by atoms with Crippen molar-refractivity contribution in [2.75, 3.05) is 50.6 Å². The Morgan fingerprint density at radius 2 is 1.61 bits per heavy atom. The molecule has 2 aromatic carbocycles. The van der Waals surface area contributed by atoms with Gasteiger partial charge in [0.15, 0.2) is 11.5 Å². The Hall–Kier alpha value is -3.06. The van der Waals surface area contributed by atoms with Crippen LogP contribution >= 0.6 is 0 Å². The molecular weight excluding hydrogens is 414 g/mol. The second kappa shape index (κ2) is 9.83. The van der Waals surface area contributed by atoms with E-state index >= 15 is 0 Å². The maximum atomic E-state index is 5.55. The zero-order chi connectivity index (χ0) is 22.6. The SMILES string of the molecule is COc1cc2nc(N3CCC(N4CCCC4)CC3)nc(NCc3ccccc3)c2cc1OC. The molecule has 1 N–H and O–H groups in total. The Bertz CT molecular complexity index is 1080. The highest BCUT2D eigenvalue weighted by molar-refractivity contribution is 5.92. The molecule has 2 saturated heterocycles. The van der Waals surface area contributed by atoms with Crippen LogP contribution in [0.4, 0.5) is 11.8 Å². The Kier molecular flexibility index (Phi) is 6.48. The molecule has 0 unspecified atom stereocenters. The topological polar surface area (TPSA) is 62.8 Å². The van der Waals surface area contributed by atoms with Gasteiger partial charge in [0.2, 0.25) is 5.95 Å². The predicted octanol–water partition coefficient (Wildman–Crippen LogP) is 4.32. The lowest BCUT2D eigenvalue weighted by Gasteiger charge is -2.36. The Morgan fingerprint density at radius 3 is 2.30 bits per heavy atom. The van der Waals surface area contributed by atoms with Gasteiger partial charge in [-0.25, -0.2) is 4.98 Å². The molecule has 33 heavy (non-hydrogen) atoms. The average molecular weight is 448 g/mol. The molecule has 174 valence electrons. The maximum Gasteiger partial charge on any atom is 0.227 e. The van der Waals surface area contributed by atoms with E-state index in [1.807, 2.05) is 18.2 Å². The predicted molar refractivity (Wildman–Crippen MR) is 132 cm³/mol. The number of likely N-dealkylation sites (tertiary alicyclic amines) is 1. The highest BCUT2D eigenvalue weighted by Crippen LogP contribution is 2.35. The summed E-state index contributed by atoms with van der Waals surface area (Å²) in [6.07, 6.45) is 5.02. The van der Waals surface area contributed by atoms with Gasteiger partial charge in [0.1, 0.15) is 5.82 Å². The van der Waals surface area contributed by atoms with E-state index in [0.29, 0.717) is 24.1 Å². The van der Waals surface area contributed by atoms with Crippen molar-refractivity contribution in [1.29, 1.82) is 0 Å². The molecule has 2 fully saturated rings. The van der Waals surface area contributed by atoms with Crippen LogP contribution in [0.5, 0.6) is 11.5 Å². The largest absolute Gasteiger partial charge is 0.493 e. The summed E-state index contributed by atoms with van der Waals surface area (Å²) in [4.78, 5) is 14.9. The van der Waals surface area contributed by atoms with E-state index < -0.39 is 0 Å². The fourth-order valence-corrected chi connectivity index (χ4v) is 5.04. The van der Waals surface area contributed by atoms with E-state index in [2.05, 4.69) is 39.4 Å². The van der Waals surface area contributed by atoms with Crippen LogP contribution in [0.25, 0.3) is 10.9 Å². The summed E-state index contributed by atoms with van der Waals surface area (Å²) < 4.78 is 11.1. The fraction of sp³-hybridized carbons (Fsp3) is 0.462. The van der Waals surface area contributed by atoms with Gasteiger partial charge in [0, 0.05) is 37.1 Å². The van der Waals surface area contributed by atoms with Crippen LogP contribution in [0.1, 0.15) is 31.2 Å². The summed E-state index contributed by atoms with van der Waals surface area (Å²) in [5.41, 5.74) is 2.06. The molecule has 0 amide bonds. The van der Waals surface area contributed by atoms with Gasteiger partial charge in [-0.2, -0.15) is 4.98 Å². The highest BCUT2D eigenvalue weighted by atomic mass is 16.5. The lowest BCUT2D eigenvalue weighted by Crippen LogP contribution is -2.44. The lowest BCUT2D eigenvalue weighted by molar-refractivity contribution is 0.207. The third-order valence-electron chi connectivity index (χ3n) is 6.90. The summed E-state index contributed by atoms with van der Waals surface area (Å²) in [6, 6.07) is 15.0. The number of hydrogen-bond donors (Lipinski definition) is 1. The van der Waals surface area contributed by atoms with Crippen molar-refractivity contribution in [3.63, 3.8) is 0 Å². The first-order valence-electron chi connectivity index (χ1n) is 12.0. The van der Waals surface area contributed by atoms with Crippen LogP contribution in [0.3, 0.4) is 0 Å². The van der Waals surface area contributed by atoms with Crippen molar-refractivity contribution in [2.45, 2.75) is 38.3 Å². The minimum absolute atomic E-state index is 0.676. The van der Waals surface area contributed by atoms with Gasteiger partial charge in [-0.3, -0.25) is 0 Å². The summed E-state index contributed by atoms with van der Waals surface area (Å²) in [5, 5.41) is 4.47. The second-order valence-electron chi connectivity index (χ2n) is 8.90. The number of rotatable bonds is 7. The van der Waals surface area contributed by atoms with E-state index in [1.54, 1.807) is 14.2 Å². The molecular formula is C26H33N5O2. The first-order valence-corrected chi connectivity index (χ1v) is 12.0. The number of nitrogens with zero attached hydrogens (tertiary/aromatic N) is 4. The first kappa shape index (κ1) is 21.8. The second-order valence-corrected chi connectivity index (χ2v) is 8.90. The van der Waals surface area contributed by atoms with Gasteiger partial charge in [-0.1, -0.05) is 30.3 Å². The van der Waals surface area contributed by atoms with Gasteiger partial charge >= 0.3 is 0 Å². The third kappa shape index (κ3) is 4.69. The number of aromatic nitrogens is 2. The molecule has 0 saturated carbocycles. The van der Waals surface area contributed by atoms with Crippen molar-refractivity contribution in [2.24, 2.45) is 0 Å². The fourth-order valence-electron chi connectivity index (χ4n) is 5.04. The molecule has 0 radical (unpaired) electrons. The Labute approximate surface area is 195 Å². The number of ether oxygens (including phenoxy) is 2. The zero-order valence-electron chi connectivity index (χ0n) is 19.6. The number of benzene rings is 2. The van der Waals surface area contributed by atoms with Crippen LogP contribution in [0, 0.1) is 0 Å². The van der Waals surface area contributed by atoms with Crippen LogP contribution in [0.2, 0.25) is 0 Å². The van der Waals surface area contributed by atoms with E-state index in [9.17, 15) is 0 Å². The van der Waals surface area contributed by atoms with E-state index in [4.69, 9.17) is 19.4 Å². The number of anilines is 2. The molecule has 7 heteroatoms. The van der Waals surface area contributed by atoms with Gasteiger partial charge in [0.25, 0.3) is 0 Å². The highest BCUT2D eigenvalue weighted by Gasteiger charge is 2.28. The number of piperidine rings is 1. The maximum absolute atomic E-state index is 5.55. The van der Waals surface area contributed by atoms with Gasteiger partial charge < -0.3 is 24.6 Å². The van der Waals surface area contributed by atoms with E-state index in [0.717, 1.165) is 35.8 Å². The lowest BCUT2D eigenvalue weighted by atomic mass is 10.0. The van der Waals surface area contributed by atoms with Crippen LogP contribution in [-0.4, -0.2) is 61.3 Å². The summed E-state index contributed by atoms with van der Waals surface area (Å²) in [5.74, 6) is 2.96. The number of nitrogens with one attached hydrogen (secondary N) is 1. The smallest absolute Gasteiger partial charge is 0.227 e. The number of fused-ring (bicyclic) bond motifs is 1. The van der Waals surface area contributed by atoms with Crippen molar-refractivity contribution in [3.05, 3.63) is 48.0 Å². The van der Waals surface area contributed by atoms with E-state index in [-0.39, 0.29) is 0 Å². The summed E-state index contributed by atoms with van der Waals surface area (Å²) in [7, 11) is 3.31. The molecule has 0 atom stereocenters. The third-order valence-corrected chi connectivity index (χ3v) is 6.90. The normalized spacial score (nSPS) is 17.5. The molecule has 2 aliphatic heterocycles. The Balaban J connectivity index is 1.44. The van der Waals surface area contributed by atoms with Gasteiger partial charge in [-0.05, 0) is 50.4 Å². The first-order chi connectivity index (χ1) is 16.2. The van der Waals surface area contributed by atoms with Crippen LogP contribution in [0.15, 0.2) is 42.5 Å². The molecule has 7 nitrogen and oxygen atoms in total. The van der Waals surface area contributed by atoms with Crippen LogP contribution < -0.4 is 19.7 Å². The molecule has 0 bridgehead atoms. The van der Waals surface area contributed by atoms with Crippen molar-refractivity contribution in [1.82, 2.24) is 14.9 Å². The monoisotopic (exact) mass is 447 g/mol. The van der Waals surface area contributed by atoms with Gasteiger partial charge in [0.05, 0.1) is 19.7 Å². The van der Waals surface area contributed by atoms with E-state index in [1.165, 1.54) is 44.3 Å². The van der Waals surface area contributed by atoms with Gasteiger partial charge in [-0.15, -0.1) is 0 Å². The van der Waals surface area contributed by atoms with Crippen molar-refractivity contribution in [3.8, 4) is 11.5 Å². The van der Waals surface area contributed by atoms with Crippen molar-refractivity contribution < 1.29 is 9.47 Å². The zero-order valence-corrected chi connectivity index (χ0v) is 19.6. The molecule has 0 aliphatic carbocycles. The quantitative estimate of drug-likeness (QED) is 0.579. The molecule has 3 aromatic rings. The summed E-state index contributed by atoms with van der Waals surface area (Å²) in [6.45, 7) is 5.17. The minimum atomic E-state index is 0.676. The molecule has 5 rings (SSSR count). The minimum Gasteiger partial charge on any atom is -0.493 e.